The highest BCUT2D eigenvalue weighted by Gasteiger charge is 2.24. The minimum absolute atomic E-state index is 0.280. The van der Waals surface area contributed by atoms with Gasteiger partial charge in [-0.15, -0.1) is 0 Å². The van der Waals surface area contributed by atoms with Gasteiger partial charge in [0, 0.05) is 28.2 Å². The highest BCUT2D eigenvalue weighted by molar-refractivity contribution is 6.13. The Morgan fingerprint density at radius 3 is 2.48 bits per heavy atom. The van der Waals surface area contributed by atoms with E-state index in [0.29, 0.717) is 30.5 Å². The van der Waals surface area contributed by atoms with Gasteiger partial charge in [0.1, 0.15) is 6.61 Å². The Balaban J connectivity index is 1.41. The van der Waals surface area contributed by atoms with Crippen LogP contribution < -0.4 is 9.47 Å². The molecule has 3 aromatic carbocycles. The molecule has 6 nitrogen and oxygen atoms in total. The fourth-order valence-electron chi connectivity index (χ4n) is 3.83. The van der Waals surface area contributed by atoms with Crippen LogP contribution in [0.1, 0.15) is 11.1 Å². The Hall–Kier alpha value is -4.32. The number of hydrogen-bond acceptors (Lipinski definition) is 5. The molecule has 33 heavy (non-hydrogen) atoms. The first kappa shape index (κ1) is 20.6. The molecule has 0 saturated heterocycles. The third kappa shape index (κ3) is 4.23. The summed E-state index contributed by atoms with van der Waals surface area (Å²) in [5, 5.41) is 1.03. The third-order valence-electron chi connectivity index (χ3n) is 5.41. The number of hydrogen-bond donors (Lipinski definition) is 0. The summed E-state index contributed by atoms with van der Waals surface area (Å²) in [6.45, 7) is 1.10. The molecule has 0 atom stereocenters. The van der Waals surface area contributed by atoms with Crippen molar-refractivity contribution in [2.45, 2.75) is 6.54 Å². The maximum absolute atomic E-state index is 12.5. The van der Waals surface area contributed by atoms with Crippen LogP contribution in [0.25, 0.3) is 17.0 Å². The average molecular weight is 438 g/mol. The number of carbonyl (C=O) groups is 1. The Morgan fingerprint density at radius 2 is 1.67 bits per heavy atom. The quantitative estimate of drug-likeness (QED) is 0.298. The third-order valence-corrected chi connectivity index (χ3v) is 5.41. The molecule has 0 bridgehead atoms. The molecule has 0 N–H and O–H groups in total. The Labute approximate surface area is 191 Å². The van der Waals surface area contributed by atoms with Gasteiger partial charge in [0.2, 0.25) is 5.90 Å². The molecule has 1 aliphatic rings. The highest BCUT2D eigenvalue weighted by atomic mass is 16.6. The van der Waals surface area contributed by atoms with E-state index in [1.165, 1.54) is 0 Å². The summed E-state index contributed by atoms with van der Waals surface area (Å²) in [6, 6.07) is 25.0. The van der Waals surface area contributed by atoms with Crippen LogP contribution in [0.5, 0.6) is 11.5 Å². The van der Waals surface area contributed by atoms with E-state index in [1.807, 2.05) is 85.1 Å². The molecule has 0 amide bonds. The van der Waals surface area contributed by atoms with Gasteiger partial charge in [-0.3, -0.25) is 0 Å². The van der Waals surface area contributed by atoms with E-state index in [-0.39, 0.29) is 5.70 Å². The number of cyclic esters (lactones) is 1. The topological polar surface area (TPSA) is 62.1 Å². The molecule has 6 heteroatoms. The number of para-hydroxylation sites is 3. The average Bonchev–Trinajstić information content (AvgIpc) is 3.40. The molecule has 0 saturated carbocycles. The molecule has 4 aromatic rings. The number of aromatic nitrogens is 1. The minimum atomic E-state index is -0.454. The molecule has 0 spiro atoms. The Kier molecular flexibility index (Phi) is 5.64. The zero-order valence-corrected chi connectivity index (χ0v) is 18.1. The maximum atomic E-state index is 12.5. The van der Waals surface area contributed by atoms with E-state index in [0.717, 1.165) is 22.0 Å². The molecule has 5 rings (SSSR count). The number of methoxy groups -OCH3 is 1. The molecule has 1 aliphatic heterocycles. The number of rotatable bonds is 7. The number of fused-ring (bicyclic) bond motifs is 1. The van der Waals surface area contributed by atoms with E-state index < -0.39 is 5.97 Å². The lowest BCUT2D eigenvalue weighted by Gasteiger charge is -2.11. The molecule has 164 valence electrons. The fourth-order valence-corrected chi connectivity index (χ4v) is 3.83. The van der Waals surface area contributed by atoms with Gasteiger partial charge < -0.3 is 18.8 Å². The van der Waals surface area contributed by atoms with Crippen LogP contribution in [0.4, 0.5) is 0 Å². The lowest BCUT2D eigenvalue weighted by atomic mass is 10.1. The second-order valence-corrected chi connectivity index (χ2v) is 7.50. The van der Waals surface area contributed by atoms with E-state index in [1.54, 1.807) is 13.2 Å². The summed E-state index contributed by atoms with van der Waals surface area (Å²) in [5.41, 5.74) is 2.99. The molecule has 2 heterocycles. The van der Waals surface area contributed by atoms with Crippen LogP contribution >= 0.6 is 0 Å². The minimum Gasteiger partial charge on any atom is -0.493 e. The van der Waals surface area contributed by atoms with Gasteiger partial charge in [0.15, 0.2) is 17.2 Å². The lowest BCUT2D eigenvalue weighted by molar-refractivity contribution is -0.129. The normalized spacial score (nSPS) is 14.4. The maximum Gasteiger partial charge on any atom is 0.363 e. The molecule has 0 aliphatic carbocycles. The van der Waals surface area contributed by atoms with Crippen molar-refractivity contribution in [2.24, 2.45) is 4.99 Å². The number of aliphatic imine (C=N–C) groups is 1. The molecular weight excluding hydrogens is 416 g/mol. The van der Waals surface area contributed by atoms with Crippen LogP contribution in [0.15, 0.2) is 95.7 Å². The molecular formula is C27H22N2O4. The van der Waals surface area contributed by atoms with Crippen molar-refractivity contribution in [3.63, 3.8) is 0 Å². The second kappa shape index (κ2) is 9.04. The predicted octanol–water partition coefficient (Wildman–Crippen LogP) is 5.07. The number of nitrogens with zero attached hydrogens (tertiary/aromatic N) is 2. The van der Waals surface area contributed by atoms with Gasteiger partial charge in [0.05, 0.1) is 13.7 Å². The van der Waals surface area contributed by atoms with Crippen molar-refractivity contribution in [3.05, 3.63) is 102 Å². The molecule has 0 radical (unpaired) electrons. The molecule has 0 fully saturated rings. The SMILES string of the molecule is COc1ccccc1OCCn1cc(/C=C2\N=C(c3ccccc3)OC2=O)c2ccccc21. The fraction of sp³-hybridized carbons (Fsp3) is 0.111. The van der Waals surface area contributed by atoms with Crippen molar-refractivity contribution < 1.29 is 19.0 Å². The van der Waals surface area contributed by atoms with Crippen LogP contribution in [-0.4, -0.2) is 30.2 Å². The van der Waals surface area contributed by atoms with Crippen LogP contribution in [0.2, 0.25) is 0 Å². The first-order chi connectivity index (χ1) is 16.2. The van der Waals surface area contributed by atoms with Gasteiger partial charge in [-0.1, -0.05) is 48.5 Å². The first-order valence-electron chi connectivity index (χ1n) is 10.6. The van der Waals surface area contributed by atoms with Gasteiger partial charge in [-0.05, 0) is 36.4 Å². The molecule has 0 unspecified atom stereocenters. The van der Waals surface area contributed by atoms with Gasteiger partial charge in [-0.2, -0.15) is 0 Å². The highest BCUT2D eigenvalue weighted by Crippen LogP contribution is 2.28. The standard InChI is InChI=1S/C27H22N2O4/c1-31-24-13-7-8-14-25(24)32-16-15-29-18-20(21-11-5-6-12-23(21)29)17-22-27(30)33-26(28-22)19-9-3-2-4-10-19/h2-14,17-18H,15-16H2,1H3/b22-17-. The largest absolute Gasteiger partial charge is 0.493 e. The number of ether oxygens (including phenoxy) is 3. The van der Waals surface area contributed by atoms with Crippen LogP contribution in [0.3, 0.4) is 0 Å². The number of carbonyl (C=O) groups excluding carboxylic acids is 1. The summed E-state index contributed by atoms with van der Waals surface area (Å²) in [6.07, 6.45) is 3.78. The summed E-state index contributed by atoms with van der Waals surface area (Å²) in [5.74, 6) is 1.27. The predicted molar refractivity (Wildman–Crippen MR) is 127 cm³/mol. The van der Waals surface area contributed by atoms with Crippen molar-refractivity contribution in [3.8, 4) is 11.5 Å². The van der Waals surface area contributed by atoms with E-state index in [4.69, 9.17) is 14.2 Å². The van der Waals surface area contributed by atoms with Crippen molar-refractivity contribution >= 4 is 28.8 Å². The number of benzene rings is 3. The summed E-state index contributed by atoms with van der Waals surface area (Å²) >= 11 is 0. The van der Waals surface area contributed by atoms with Gasteiger partial charge >= 0.3 is 5.97 Å². The second-order valence-electron chi connectivity index (χ2n) is 7.50. The van der Waals surface area contributed by atoms with Crippen molar-refractivity contribution in [1.29, 1.82) is 0 Å². The number of esters is 1. The summed E-state index contributed by atoms with van der Waals surface area (Å²) < 4.78 is 18.8. The van der Waals surface area contributed by atoms with Gasteiger partial charge in [0.25, 0.3) is 0 Å². The smallest absolute Gasteiger partial charge is 0.363 e. The van der Waals surface area contributed by atoms with E-state index in [9.17, 15) is 4.79 Å². The summed E-state index contributed by atoms with van der Waals surface area (Å²) in [4.78, 5) is 16.9. The first-order valence-corrected chi connectivity index (χ1v) is 10.6. The van der Waals surface area contributed by atoms with Crippen molar-refractivity contribution in [1.82, 2.24) is 4.57 Å². The van der Waals surface area contributed by atoms with E-state index >= 15 is 0 Å². The summed E-state index contributed by atoms with van der Waals surface area (Å²) in [7, 11) is 1.63. The molecule has 1 aromatic heterocycles. The van der Waals surface area contributed by atoms with E-state index in [2.05, 4.69) is 9.56 Å². The van der Waals surface area contributed by atoms with Crippen LogP contribution in [0, 0.1) is 0 Å². The Morgan fingerprint density at radius 1 is 0.939 bits per heavy atom. The lowest BCUT2D eigenvalue weighted by Crippen LogP contribution is -2.07. The monoisotopic (exact) mass is 438 g/mol. The zero-order valence-electron chi connectivity index (χ0n) is 18.1. The van der Waals surface area contributed by atoms with Crippen LogP contribution in [-0.2, 0) is 16.1 Å². The Bertz CT molecular complexity index is 1370. The van der Waals surface area contributed by atoms with Crippen molar-refractivity contribution in [2.75, 3.05) is 13.7 Å². The zero-order chi connectivity index (χ0) is 22.6. The van der Waals surface area contributed by atoms with Gasteiger partial charge in [-0.25, -0.2) is 9.79 Å².